The molecule has 0 atom stereocenters. The van der Waals surface area contributed by atoms with Crippen molar-refractivity contribution in [2.75, 3.05) is 12.4 Å². The summed E-state index contributed by atoms with van der Waals surface area (Å²) in [6, 6.07) is 27.2. The maximum Gasteiger partial charge on any atom is 0.272 e. The van der Waals surface area contributed by atoms with Crippen molar-refractivity contribution in [3.63, 3.8) is 0 Å². The van der Waals surface area contributed by atoms with Crippen LogP contribution < -0.4 is 15.4 Å². The maximum absolute atomic E-state index is 13.3. The van der Waals surface area contributed by atoms with Crippen molar-refractivity contribution in [3.8, 4) is 5.75 Å². The fourth-order valence-electron chi connectivity index (χ4n) is 3.66. The molecule has 4 aromatic rings. The van der Waals surface area contributed by atoms with Crippen LogP contribution in [0.2, 0.25) is 10.0 Å². The van der Waals surface area contributed by atoms with E-state index in [1.165, 1.54) is 12.2 Å². The first-order chi connectivity index (χ1) is 19.3. The van der Waals surface area contributed by atoms with Crippen molar-refractivity contribution in [2.45, 2.75) is 0 Å². The van der Waals surface area contributed by atoms with Crippen molar-refractivity contribution in [2.24, 2.45) is 0 Å². The Morgan fingerprint density at radius 3 is 2.12 bits per heavy atom. The number of amides is 2. The van der Waals surface area contributed by atoms with E-state index in [1.54, 1.807) is 86.0 Å². The minimum atomic E-state index is -0.600. The summed E-state index contributed by atoms with van der Waals surface area (Å²) in [5.41, 5.74) is 2.37. The Balaban J connectivity index is 1.52. The quantitative estimate of drug-likeness (QED) is 0.163. The van der Waals surface area contributed by atoms with Gasteiger partial charge in [-0.2, -0.15) is 0 Å². The summed E-state index contributed by atoms with van der Waals surface area (Å²) in [5.74, 6) is -0.587. The van der Waals surface area contributed by atoms with Crippen LogP contribution in [0.15, 0.2) is 109 Å². The summed E-state index contributed by atoms with van der Waals surface area (Å²) in [5, 5.41) is 6.02. The predicted molar refractivity (Wildman–Crippen MR) is 160 cm³/mol. The first-order valence-corrected chi connectivity index (χ1v) is 12.9. The lowest BCUT2D eigenvalue weighted by molar-refractivity contribution is -0.113. The molecular formula is C32H24Cl2N2O4. The smallest absolute Gasteiger partial charge is 0.272 e. The van der Waals surface area contributed by atoms with E-state index in [0.29, 0.717) is 38.2 Å². The Kier molecular flexibility index (Phi) is 9.52. The Morgan fingerprint density at radius 2 is 1.45 bits per heavy atom. The van der Waals surface area contributed by atoms with Crippen LogP contribution in [0.25, 0.3) is 12.2 Å². The summed E-state index contributed by atoms with van der Waals surface area (Å²) >= 11 is 12.6. The van der Waals surface area contributed by atoms with E-state index in [4.69, 9.17) is 27.9 Å². The lowest BCUT2D eigenvalue weighted by atomic mass is 10.1. The molecule has 4 rings (SSSR count). The molecule has 40 heavy (non-hydrogen) atoms. The molecule has 6 nitrogen and oxygen atoms in total. The molecule has 0 aromatic heterocycles. The summed E-state index contributed by atoms with van der Waals surface area (Å²) in [7, 11) is 1.58. The van der Waals surface area contributed by atoms with E-state index >= 15 is 0 Å². The van der Waals surface area contributed by atoms with Gasteiger partial charge in [-0.1, -0.05) is 65.7 Å². The fraction of sp³-hybridized carbons (Fsp3) is 0.0312. The largest absolute Gasteiger partial charge is 0.497 e. The average Bonchev–Trinajstić information content (AvgIpc) is 2.98. The van der Waals surface area contributed by atoms with Crippen molar-refractivity contribution in [3.05, 3.63) is 141 Å². The van der Waals surface area contributed by atoms with E-state index in [-0.39, 0.29) is 11.5 Å². The first kappa shape index (κ1) is 28.4. The van der Waals surface area contributed by atoms with Gasteiger partial charge in [-0.15, -0.1) is 0 Å². The molecule has 2 N–H and O–H groups in total. The normalized spacial score (nSPS) is 11.2. The van der Waals surface area contributed by atoms with Gasteiger partial charge in [-0.3, -0.25) is 14.4 Å². The first-order valence-electron chi connectivity index (χ1n) is 12.1. The highest BCUT2D eigenvalue weighted by molar-refractivity contribution is 6.37. The Hall–Kier alpha value is -4.65. The SMILES string of the molecule is COc1cccc(/C=C/C(=O)c2ccc(NC(=O)/C(=C/c3c(Cl)cccc3Cl)NC(=O)c3ccccc3)cc2)c1. The number of carbonyl (C=O) groups excluding carboxylic acids is 3. The zero-order valence-electron chi connectivity index (χ0n) is 21.4. The number of anilines is 1. The van der Waals surface area contributed by atoms with Crippen LogP contribution in [0.5, 0.6) is 5.75 Å². The van der Waals surface area contributed by atoms with Gasteiger partial charge in [0.2, 0.25) is 0 Å². The standard InChI is InChI=1S/C32H24Cl2N2O4/c1-40-25-10-5-7-21(19-25)13-18-30(37)22-14-16-24(17-15-22)35-32(39)29(20-26-27(33)11-6-12-28(26)34)36-31(38)23-8-3-2-4-9-23/h2-20H,1H3,(H,35,39)(H,36,38)/b18-13+,29-20-. The summed E-state index contributed by atoms with van der Waals surface area (Å²) in [4.78, 5) is 38.8. The topological polar surface area (TPSA) is 84.5 Å². The minimum Gasteiger partial charge on any atom is -0.497 e. The number of benzene rings is 4. The Bertz CT molecular complexity index is 1580. The molecule has 0 spiro atoms. The molecule has 0 radical (unpaired) electrons. The van der Waals surface area contributed by atoms with Gasteiger partial charge < -0.3 is 15.4 Å². The number of rotatable bonds is 9. The zero-order valence-corrected chi connectivity index (χ0v) is 22.9. The van der Waals surface area contributed by atoms with Gasteiger partial charge in [0.15, 0.2) is 5.78 Å². The van der Waals surface area contributed by atoms with Gasteiger partial charge in [-0.05, 0) is 78.4 Å². The monoisotopic (exact) mass is 570 g/mol. The van der Waals surface area contributed by atoms with Crippen LogP contribution in [-0.2, 0) is 4.79 Å². The number of halogens is 2. The second-order valence-corrected chi connectivity index (χ2v) is 9.33. The molecule has 8 heteroatoms. The van der Waals surface area contributed by atoms with Gasteiger partial charge in [0.1, 0.15) is 11.4 Å². The van der Waals surface area contributed by atoms with E-state index in [9.17, 15) is 14.4 Å². The van der Waals surface area contributed by atoms with Gasteiger partial charge in [0.25, 0.3) is 11.8 Å². The number of hydrogen-bond donors (Lipinski definition) is 2. The summed E-state index contributed by atoms with van der Waals surface area (Å²) < 4.78 is 5.20. The van der Waals surface area contributed by atoms with E-state index in [1.807, 2.05) is 24.3 Å². The second-order valence-electron chi connectivity index (χ2n) is 8.52. The third kappa shape index (κ3) is 7.47. The van der Waals surface area contributed by atoms with Gasteiger partial charge in [0.05, 0.1) is 7.11 Å². The average molecular weight is 571 g/mol. The Morgan fingerprint density at radius 1 is 0.775 bits per heavy atom. The molecule has 0 bridgehead atoms. The number of carbonyl (C=O) groups is 3. The van der Waals surface area contributed by atoms with Gasteiger partial charge >= 0.3 is 0 Å². The van der Waals surface area contributed by atoms with Crippen LogP contribution >= 0.6 is 23.2 Å². The molecule has 0 aliphatic heterocycles. The molecule has 200 valence electrons. The van der Waals surface area contributed by atoms with Crippen molar-refractivity contribution in [1.29, 1.82) is 0 Å². The number of ketones is 1. The fourth-order valence-corrected chi connectivity index (χ4v) is 4.17. The molecule has 0 unspecified atom stereocenters. The van der Waals surface area contributed by atoms with Crippen LogP contribution in [0.4, 0.5) is 5.69 Å². The van der Waals surface area contributed by atoms with Crippen LogP contribution in [0, 0.1) is 0 Å². The molecule has 0 aliphatic rings. The van der Waals surface area contributed by atoms with Gasteiger partial charge in [-0.25, -0.2) is 0 Å². The zero-order chi connectivity index (χ0) is 28.5. The number of nitrogens with one attached hydrogen (secondary N) is 2. The number of ether oxygens (including phenoxy) is 1. The van der Waals surface area contributed by atoms with Gasteiger partial charge in [0, 0.05) is 32.4 Å². The third-order valence-electron chi connectivity index (χ3n) is 5.77. The third-order valence-corrected chi connectivity index (χ3v) is 6.42. The lowest BCUT2D eigenvalue weighted by Gasteiger charge is -2.12. The van der Waals surface area contributed by atoms with Crippen LogP contribution in [0.1, 0.15) is 31.8 Å². The van der Waals surface area contributed by atoms with Crippen LogP contribution in [-0.4, -0.2) is 24.7 Å². The highest BCUT2D eigenvalue weighted by Crippen LogP contribution is 2.27. The second kappa shape index (κ2) is 13.4. The molecule has 0 aliphatic carbocycles. The van der Waals surface area contributed by atoms with Crippen molar-refractivity contribution >= 4 is 58.6 Å². The summed E-state index contributed by atoms with van der Waals surface area (Å²) in [6.45, 7) is 0. The van der Waals surface area contributed by atoms with Crippen molar-refractivity contribution < 1.29 is 19.1 Å². The maximum atomic E-state index is 13.3. The molecule has 0 heterocycles. The molecule has 0 fully saturated rings. The van der Waals surface area contributed by atoms with E-state index in [0.717, 1.165) is 5.56 Å². The van der Waals surface area contributed by atoms with Crippen LogP contribution in [0.3, 0.4) is 0 Å². The van der Waals surface area contributed by atoms with E-state index < -0.39 is 11.8 Å². The minimum absolute atomic E-state index is 0.0646. The highest BCUT2D eigenvalue weighted by Gasteiger charge is 2.17. The molecule has 2 amide bonds. The molecular weight excluding hydrogens is 547 g/mol. The summed E-state index contributed by atoms with van der Waals surface area (Å²) in [6.07, 6.45) is 4.59. The highest BCUT2D eigenvalue weighted by atomic mass is 35.5. The number of hydrogen-bond acceptors (Lipinski definition) is 4. The molecule has 4 aromatic carbocycles. The number of methoxy groups -OCH3 is 1. The lowest BCUT2D eigenvalue weighted by Crippen LogP contribution is -2.30. The Labute approximate surface area is 241 Å². The number of allylic oxidation sites excluding steroid dienone is 1. The van der Waals surface area contributed by atoms with Crippen molar-refractivity contribution in [1.82, 2.24) is 5.32 Å². The van der Waals surface area contributed by atoms with E-state index in [2.05, 4.69) is 10.6 Å². The predicted octanol–water partition coefficient (Wildman–Crippen LogP) is 7.31. The molecule has 0 saturated carbocycles. The molecule has 0 saturated heterocycles.